The van der Waals surface area contributed by atoms with Crippen molar-refractivity contribution >= 4 is 5.91 Å². The molecule has 0 radical (unpaired) electrons. The summed E-state index contributed by atoms with van der Waals surface area (Å²) in [6, 6.07) is -0.0448. The van der Waals surface area contributed by atoms with Crippen LogP contribution in [0.3, 0.4) is 0 Å². The minimum atomic E-state index is -0.0448. The summed E-state index contributed by atoms with van der Waals surface area (Å²) in [4.78, 5) is 11.9. The van der Waals surface area contributed by atoms with Gasteiger partial charge in [0, 0.05) is 5.92 Å². The Balaban J connectivity index is 1.86. The van der Waals surface area contributed by atoms with Crippen molar-refractivity contribution in [3.8, 4) is 0 Å². The Morgan fingerprint density at radius 1 is 1.47 bits per heavy atom. The van der Waals surface area contributed by atoms with E-state index >= 15 is 0 Å². The van der Waals surface area contributed by atoms with E-state index in [0.717, 1.165) is 18.8 Å². The Bertz CT molecular complexity index is 238. The summed E-state index contributed by atoms with van der Waals surface area (Å²) in [6.45, 7) is 2.05. The van der Waals surface area contributed by atoms with Crippen molar-refractivity contribution in [2.24, 2.45) is 17.8 Å². The first-order valence-electron chi connectivity index (χ1n) is 6.15. The molecule has 2 bridgehead atoms. The van der Waals surface area contributed by atoms with E-state index in [9.17, 15) is 4.79 Å². The average molecular weight is 211 g/mol. The van der Waals surface area contributed by atoms with E-state index in [1.165, 1.54) is 19.3 Å². The van der Waals surface area contributed by atoms with Gasteiger partial charge in [-0.3, -0.25) is 4.79 Å². The van der Waals surface area contributed by atoms with E-state index in [4.69, 9.17) is 5.11 Å². The lowest BCUT2D eigenvalue weighted by Gasteiger charge is -2.23. The molecule has 2 fully saturated rings. The highest BCUT2D eigenvalue weighted by Crippen LogP contribution is 2.48. The Hall–Kier alpha value is -0.570. The first-order valence-corrected chi connectivity index (χ1v) is 6.15. The van der Waals surface area contributed by atoms with Crippen LogP contribution in [0.1, 0.15) is 39.0 Å². The molecule has 0 saturated heterocycles. The predicted molar refractivity (Wildman–Crippen MR) is 58.2 cm³/mol. The van der Waals surface area contributed by atoms with Crippen molar-refractivity contribution < 1.29 is 9.90 Å². The molecule has 3 nitrogen and oxygen atoms in total. The molecular weight excluding hydrogens is 190 g/mol. The van der Waals surface area contributed by atoms with E-state index in [1.807, 2.05) is 6.92 Å². The number of aliphatic hydroxyl groups is 1. The van der Waals surface area contributed by atoms with E-state index in [1.54, 1.807) is 0 Å². The maximum Gasteiger partial charge on any atom is 0.223 e. The van der Waals surface area contributed by atoms with Gasteiger partial charge in [-0.1, -0.05) is 13.3 Å². The van der Waals surface area contributed by atoms with Crippen molar-refractivity contribution in [2.75, 3.05) is 6.61 Å². The van der Waals surface area contributed by atoms with Crippen molar-refractivity contribution in [3.63, 3.8) is 0 Å². The molecule has 0 unspecified atom stereocenters. The van der Waals surface area contributed by atoms with E-state index < -0.39 is 0 Å². The molecule has 0 aromatic rings. The maximum absolute atomic E-state index is 11.9. The Labute approximate surface area is 91.2 Å². The highest BCUT2D eigenvalue weighted by atomic mass is 16.3. The summed E-state index contributed by atoms with van der Waals surface area (Å²) in [5.41, 5.74) is 0. The van der Waals surface area contributed by atoms with Crippen LogP contribution in [0.15, 0.2) is 0 Å². The molecule has 0 heterocycles. The molecule has 86 valence electrons. The molecule has 2 rings (SSSR count). The summed E-state index contributed by atoms with van der Waals surface area (Å²) >= 11 is 0. The van der Waals surface area contributed by atoms with E-state index in [0.29, 0.717) is 5.92 Å². The van der Waals surface area contributed by atoms with Gasteiger partial charge in [-0.2, -0.15) is 0 Å². The number of rotatable bonds is 4. The Kier molecular flexibility index (Phi) is 3.29. The van der Waals surface area contributed by atoms with Gasteiger partial charge in [-0.25, -0.2) is 0 Å². The van der Waals surface area contributed by atoms with Crippen LogP contribution in [0, 0.1) is 17.8 Å². The largest absolute Gasteiger partial charge is 0.394 e. The zero-order chi connectivity index (χ0) is 10.8. The van der Waals surface area contributed by atoms with Crippen molar-refractivity contribution in [1.29, 1.82) is 0 Å². The molecule has 2 aliphatic carbocycles. The van der Waals surface area contributed by atoms with Gasteiger partial charge in [0.05, 0.1) is 12.6 Å². The number of carbonyl (C=O) groups excluding carboxylic acids is 1. The molecule has 2 aliphatic rings. The third-order valence-corrected chi connectivity index (χ3v) is 4.13. The van der Waals surface area contributed by atoms with E-state index in [2.05, 4.69) is 5.32 Å². The lowest BCUT2D eigenvalue weighted by atomic mass is 9.88. The van der Waals surface area contributed by atoms with Crippen LogP contribution in [-0.2, 0) is 4.79 Å². The van der Waals surface area contributed by atoms with Crippen LogP contribution >= 0.6 is 0 Å². The maximum atomic E-state index is 11.9. The molecule has 3 heteroatoms. The van der Waals surface area contributed by atoms with Crippen molar-refractivity contribution in [1.82, 2.24) is 5.32 Å². The molecule has 0 aromatic heterocycles. The second kappa shape index (κ2) is 4.52. The SMILES string of the molecule is CC[C@@H](CO)NC(=O)[C@H]1C[C@H]2CC[C@@H]1C2. The Morgan fingerprint density at radius 3 is 2.73 bits per heavy atom. The summed E-state index contributed by atoms with van der Waals surface area (Å²) in [5.74, 6) is 1.86. The number of amides is 1. The smallest absolute Gasteiger partial charge is 0.223 e. The standard InChI is InChI=1S/C12H21NO2/c1-2-10(7-14)13-12(15)11-6-8-3-4-9(11)5-8/h8-11,14H,2-7H2,1H3,(H,13,15)/t8-,9+,10-,11-/m0/s1. The highest BCUT2D eigenvalue weighted by Gasteiger charge is 2.43. The van der Waals surface area contributed by atoms with Gasteiger partial charge < -0.3 is 10.4 Å². The normalized spacial score (nSPS) is 35.5. The zero-order valence-corrected chi connectivity index (χ0v) is 9.41. The minimum Gasteiger partial charge on any atom is -0.394 e. The topological polar surface area (TPSA) is 49.3 Å². The molecule has 1 amide bonds. The van der Waals surface area contributed by atoms with Gasteiger partial charge in [-0.15, -0.1) is 0 Å². The van der Waals surface area contributed by atoms with Crippen LogP contribution in [0.25, 0.3) is 0 Å². The van der Waals surface area contributed by atoms with Gasteiger partial charge in [-0.05, 0) is 37.5 Å². The second-order valence-corrected chi connectivity index (χ2v) is 5.08. The van der Waals surface area contributed by atoms with Gasteiger partial charge in [0.2, 0.25) is 5.91 Å². The molecule has 4 atom stereocenters. The van der Waals surface area contributed by atoms with Gasteiger partial charge in [0.1, 0.15) is 0 Å². The monoisotopic (exact) mass is 211 g/mol. The molecule has 2 saturated carbocycles. The molecular formula is C12H21NO2. The summed E-state index contributed by atoms with van der Waals surface area (Å²) in [7, 11) is 0. The summed E-state index contributed by atoms with van der Waals surface area (Å²) in [6.07, 6.45) is 5.71. The zero-order valence-electron chi connectivity index (χ0n) is 9.41. The fourth-order valence-electron chi connectivity index (χ4n) is 3.15. The van der Waals surface area contributed by atoms with Crippen molar-refractivity contribution in [3.05, 3.63) is 0 Å². The first kappa shape index (κ1) is 10.9. The first-order chi connectivity index (χ1) is 7.24. The number of hydrogen-bond donors (Lipinski definition) is 2. The van der Waals surface area contributed by atoms with Gasteiger partial charge in [0.15, 0.2) is 0 Å². The number of aliphatic hydroxyl groups excluding tert-OH is 1. The molecule has 2 N–H and O–H groups in total. The molecule has 0 spiro atoms. The highest BCUT2D eigenvalue weighted by molar-refractivity contribution is 5.79. The van der Waals surface area contributed by atoms with E-state index in [-0.39, 0.29) is 24.5 Å². The quantitative estimate of drug-likeness (QED) is 0.736. The third kappa shape index (κ3) is 2.17. The van der Waals surface area contributed by atoms with Crippen LogP contribution < -0.4 is 5.32 Å². The lowest BCUT2D eigenvalue weighted by molar-refractivity contribution is -0.127. The van der Waals surface area contributed by atoms with Crippen LogP contribution in [-0.4, -0.2) is 23.7 Å². The minimum absolute atomic E-state index is 0.0448. The summed E-state index contributed by atoms with van der Waals surface area (Å²) in [5, 5.41) is 12.0. The summed E-state index contributed by atoms with van der Waals surface area (Å²) < 4.78 is 0. The third-order valence-electron chi connectivity index (χ3n) is 4.13. The average Bonchev–Trinajstić information content (AvgIpc) is 2.87. The fourth-order valence-corrected chi connectivity index (χ4v) is 3.15. The lowest BCUT2D eigenvalue weighted by Crippen LogP contribution is -2.42. The van der Waals surface area contributed by atoms with Crippen LogP contribution in [0.2, 0.25) is 0 Å². The number of nitrogens with one attached hydrogen (secondary N) is 1. The number of hydrogen-bond acceptors (Lipinski definition) is 2. The second-order valence-electron chi connectivity index (χ2n) is 5.08. The molecule has 15 heavy (non-hydrogen) atoms. The predicted octanol–water partition coefficient (Wildman–Crippen LogP) is 1.31. The van der Waals surface area contributed by atoms with Crippen LogP contribution in [0.5, 0.6) is 0 Å². The number of carbonyl (C=O) groups is 1. The molecule has 0 aromatic carbocycles. The fraction of sp³-hybridized carbons (Fsp3) is 0.917. The molecule has 0 aliphatic heterocycles. The number of fused-ring (bicyclic) bond motifs is 2. The van der Waals surface area contributed by atoms with Crippen molar-refractivity contribution in [2.45, 2.75) is 45.1 Å². The van der Waals surface area contributed by atoms with Gasteiger partial charge >= 0.3 is 0 Å². The van der Waals surface area contributed by atoms with Crippen LogP contribution in [0.4, 0.5) is 0 Å². The van der Waals surface area contributed by atoms with Gasteiger partial charge in [0.25, 0.3) is 0 Å². The Morgan fingerprint density at radius 2 is 2.27 bits per heavy atom.